The molecule has 0 radical (unpaired) electrons. The third-order valence-corrected chi connectivity index (χ3v) is 3.80. The van der Waals surface area contributed by atoms with Crippen LogP contribution >= 0.6 is 24.2 Å². The van der Waals surface area contributed by atoms with Crippen LogP contribution in [0.1, 0.15) is 17.3 Å². The Bertz CT molecular complexity index is 400. The molecule has 2 rings (SSSR count). The first-order valence-electron chi connectivity index (χ1n) is 5.43. The van der Waals surface area contributed by atoms with Gasteiger partial charge in [-0.25, -0.2) is 0 Å². The Labute approximate surface area is 112 Å². The molecule has 2 N–H and O–H groups in total. The number of nitrogen functional groups attached to an aromatic ring is 1. The van der Waals surface area contributed by atoms with Gasteiger partial charge in [-0.05, 0) is 18.2 Å². The van der Waals surface area contributed by atoms with Crippen molar-refractivity contribution < 1.29 is 4.79 Å². The lowest BCUT2D eigenvalue weighted by Gasteiger charge is -2.30. The Morgan fingerprint density at radius 1 is 1.53 bits per heavy atom. The molecule has 5 heteroatoms. The Hall–Kier alpha value is -0.870. The largest absolute Gasteiger partial charge is 0.399 e. The molecule has 0 aromatic heterocycles. The van der Waals surface area contributed by atoms with Gasteiger partial charge in [0.25, 0.3) is 5.91 Å². The number of hydrogen-bond acceptors (Lipinski definition) is 3. The molecule has 1 unspecified atom stereocenters. The molecule has 1 aromatic rings. The molecular formula is C12H17ClN2OS. The molecule has 0 spiro atoms. The zero-order valence-corrected chi connectivity index (χ0v) is 11.4. The monoisotopic (exact) mass is 272 g/mol. The van der Waals surface area contributed by atoms with Crippen molar-refractivity contribution in [2.24, 2.45) is 0 Å². The molecule has 0 saturated carbocycles. The summed E-state index contributed by atoms with van der Waals surface area (Å²) >= 11 is 1.92. The second-order valence-electron chi connectivity index (χ2n) is 4.06. The van der Waals surface area contributed by atoms with Crippen LogP contribution in [0.5, 0.6) is 0 Å². The number of halogens is 1. The van der Waals surface area contributed by atoms with Crippen LogP contribution in [0.15, 0.2) is 24.3 Å². The third-order valence-electron chi connectivity index (χ3n) is 2.66. The minimum absolute atomic E-state index is 0. The van der Waals surface area contributed by atoms with Gasteiger partial charge in [-0.3, -0.25) is 4.79 Å². The van der Waals surface area contributed by atoms with Crippen LogP contribution < -0.4 is 5.73 Å². The molecule has 94 valence electrons. The normalized spacial score (nSPS) is 19.6. The van der Waals surface area contributed by atoms with Crippen LogP contribution in [0.3, 0.4) is 0 Å². The lowest BCUT2D eigenvalue weighted by molar-refractivity contribution is 0.0763. The maximum Gasteiger partial charge on any atom is 0.253 e. The van der Waals surface area contributed by atoms with E-state index in [0.717, 1.165) is 18.8 Å². The molecule has 1 atom stereocenters. The van der Waals surface area contributed by atoms with E-state index in [0.29, 0.717) is 16.5 Å². The molecule has 1 saturated heterocycles. The molecule has 1 heterocycles. The predicted octanol–water partition coefficient (Wildman–Crippen LogP) is 2.27. The van der Waals surface area contributed by atoms with E-state index in [1.807, 2.05) is 28.8 Å². The van der Waals surface area contributed by atoms with E-state index in [-0.39, 0.29) is 18.3 Å². The van der Waals surface area contributed by atoms with Crippen molar-refractivity contribution in [3.63, 3.8) is 0 Å². The fraction of sp³-hybridized carbons (Fsp3) is 0.417. The molecule has 1 amide bonds. The number of anilines is 1. The van der Waals surface area contributed by atoms with E-state index in [2.05, 4.69) is 6.92 Å². The van der Waals surface area contributed by atoms with E-state index >= 15 is 0 Å². The topological polar surface area (TPSA) is 46.3 Å². The minimum Gasteiger partial charge on any atom is -0.399 e. The Balaban J connectivity index is 0.00000144. The summed E-state index contributed by atoms with van der Waals surface area (Å²) < 4.78 is 0. The summed E-state index contributed by atoms with van der Waals surface area (Å²) in [5.74, 6) is 1.12. The van der Waals surface area contributed by atoms with Crippen molar-refractivity contribution in [3.05, 3.63) is 29.8 Å². The van der Waals surface area contributed by atoms with Gasteiger partial charge in [0, 0.05) is 35.3 Å². The van der Waals surface area contributed by atoms with Crippen LogP contribution in [-0.2, 0) is 0 Å². The maximum atomic E-state index is 12.2. The number of amides is 1. The van der Waals surface area contributed by atoms with Gasteiger partial charge in [0.15, 0.2) is 0 Å². The number of nitrogens with two attached hydrogens (primary N) is 1. The molecule has 1 aliphatic heterocycles. The Morgan fingerprint density at radius 3 is 2.94 bits per heavy atom. The van der Waals surface area contributed by atoms with E-state index < -0.39 is 0 Å². The molecular weight excluding hydrogens is 256 g/mol. The lowest BCUT2D eigenvalue weighted by Crippen LogP contribution is -2.41. The predicted molar refractivity (Wildman–Crippen MR) is 75.9 cm³/mol. The quantitative estimate of drug-likeness (QED) is 0.798. The molecule has 0 aliphatic carbocycles. The van der Waals surface area contributed by atoms with Gasteiger partial charge < -0.3 is 10.6 Å². The van der Waals surface area contributed by atoms with Crippen LogP contribution in [0.4, 0.5) is 5.69 Å². The van der Waals surface area contributed by atoms with E-state index in [9.17, 15) is 4.79 Å². The van der Waals surface area contributed by atoms with Crippen molar-refractivity contribution >= 4 is 35.8 Å². The summed E-state index contributed by atoms with van der Waals surface area (Å²) in [6, 6.07) is 7.19. The number of benzene rings is 1. The molecule has 17 heavy (non-hydrogen) atoms. The summed E-state index contributed by atoms with van der Waals surface area (Å²) in [5, 5.41) is 0.527. The van der Waals surface area contributed by atoms with Crippen molar-refractivity contribution in [3.8, 4) is 0 Å². The van der Waals surface area contributed by atoms with E-state index in [1.54, 1.807) is 12.1 Å². The average Bonchev–Trinajstić information content (AvgIpc) is 2.28. The maximum absolute atomic E-state index is 12.2. The summed E-state index contributed by atoms with van der Waals surface area (Å²) in [7, 11) is 0. The summed E-state index contributed by atoms with van der Waals surface area (Å²) in [6.07, 6.45) is 0. The average molecular weight is 273 g/mol. The number of carbonyl (C=O) groups is 1. The number of thioether (sulfide) groups is 1. The highest BCUT2D eigenvalue weighted by molar-refractivity contribution is 7.99. The highest BCUT2D eigenvalue weighted by atomic mass is 35.5. The minimum atomic E-state index is 0. The molecule has 1 aromatic carbocycles. The van der Waals surface area contributed by atoms with Gasteiger partial charge in [0.2, 0.25) is 0 Å². The SMILES string of the molecule is CC1CN(C(=O)c2cccc(N)c2)CCS1.Cl. The van der Waals surface area contributed by atoms with E-state index in [1.165, 1.54) is 0 Å². The van der Waals surface area contributed by atoms with Crippen molar-refractivity contribution in [2.45, 2.75) is 12.2 Å². The van der Waals surface area contributed by atoms with Crippen molar-refractivity contribution in [1.82, 2.24) is 4.90 Å². The third kappa shape index (κ3) is 3.54. The van der Waals surface area contributed by atoms with Gasteiger partial charge in [0.1, 0.15) is 0 Å². The molecule has 3 nitrogen and oxygen atoms in total. The molecule has 1 aliphatic rings. The lowest BCUT2D eigenvalue weighted by atomic mass is 10.1. The van der Waals surface area contributed by atoms with Gasteiger partial charge >= 0.3 is 0 Å². The highest BCUT2D eigenvalue weighted by Gasteiger charge is 2.22. The fourth-order valence-electron chi connectivity index (χ4n) is 1.86. The second-order valence-corrected chi connectivity index (χ2v) is 5.60. The first-order chi connectivity index (χ1) is 7.66. The molecule has 1 fully saturated rings. The zero-order chi connectivity index (χ0) is 11.5. The summed E-state index contributed by atoms with van der Waals surface area (Å²) in [6.45, 7) is 3.82. The van der Waals surface area contributed by atoms with Gasteiger partial charge in [-0.2, -0.15) is 11.8 Å². The van der Waals surface area contributed by atoms with Crippen molar-refractivity contribution in [2.75, 3.05) is 24.6 Å². The smallest absolute Gasteiger partial charge is 0.253 e. The van der Waals surface area contributed by atoms with Gasteiger partial charge in [-0.1, -0.05) is 13.0 Å². The zero-order valence-electron chi connectivity index (χ0n) is 9.76. The highest BCUT2D eigenvalue weighted by Crippen LogP contribution is 2.20. The van der Waals surface area contributed by atoms with Crippen LogP contribution in [0.25, 0.3) is 0 Å². The first kappa shape index (κ1) is 14.2. The van der Waals surface area contributed by atoms with Crippen LogP contribution in [0, 0.1) is 0 Å². The van der Waals surface area contributed by atoms with Crippen LogP contribution in [-0.4, -0.2) is 34.9 Å². The van der Waals surface area contributed by atoms with Gasteiger partial charge in [0.05, 0.1) is 0 Å². The standard InChI is InChI=1S/C12H16N2OS.ClH/c1-9-8-14(5-6-16-9)12(15)10-3-2-4-11(13)7-10;/h2-4,7,9H,5-6,8,13H2,1H3;1H. The Kier molecular flexibility index (Phi) is 5.15. The Morgan fingerprint density at radius 2 is 2.29 bits per heavy atom. The number of carbonyl (C=O) groups excluding carboxylic acids is 1. The number of hydrogen-bond donors (Lipinski definition) is 1. The second kappa shape index (κ2) is 6.17. The molecule has 0 bridgehead atoms. The van der Waals surface area contributed by atoms with Crippen molar-refractivity contribution in [1.29, 1.82) is 0 Å². The fourth-order valence-corrected chi connectivity index (χ4v) is 2.87. The number of rotatable bonds is 1. The summed E-state index contributed by atoms with van der Waals surface area (Å²) in [4.78, 5) is 14.1. The first-order valence-corrected chi connectivity index (χ1v) is 6.48. The van der Waals surface area contributed by atoms with Gasteiger partial charge in [-0.15, -0.1) is 12.4 Å². The van der Waals surface area contributed by atoms with E-state index in [4.69, 9.17) is 5.73 Å². The number of nitrogens with zero attached hydrogens (tertiary/aromatic N) is 1. The van der Waals surface area contributed by atoms with Crippen LogP contribution in [0.2, 0.25) is 0 Å². The summed E-state index contributed by atoms with van der Waals surface area (Å²) in [5.41, 5.74) is 7.02.